The molecule has 0 spiro atoms. The van der Waals surface area contributed by atoms with E-state index in [1.807, 2.05) is 17.5 Å². The summed E-state index contributed by atoms with van der Waals surface area (Å²) in [6.07, 6.45) is 3.98. The van der Waals surface area contributed by atoms with Crippen LogP contribution in [0.25, 0.3) is 6.08 Å². The summed E-state index contributed by atoms with van der Waals surface area (Å²) in [6, 6.07) is 10.8. The van der Waals surface area contributed by atoms with Crippen LogP contribution in [0.4, 0.5) is 0 Å². The van der Waals surface area contributed by atoms with E-state index in [-0.39, 0.29) is 11.4 Å². The Morgan fingerprint density at radius 3 is 2.75 bits per heavy atom. The fourth-order valence-electron chi connectivity index (χ4n) is 1.93. The predicted molar refractivity (Wildman–Crippen MR) is 78.5 cm³/mol. The molecule has 0 unspecified atom stereocenters. The zero-order chi connectivity index (χ0) is 13.9. The van der Waals surface area contributed by atoms with E-state index in [1.165, 1.54) is 12.8 Å². The molecule has 1 heterocycles. The highest BCUT2D eigenvalue weighted by molar-refractivity contribution is 7.09. The predicted octanol–water partition coefficient (Wildman–Crippen LogP) is 3.81. The van der Waals surface area contributed by atoms with Crippen LogP contribution in [-0.2, 0) is 0 Å². The van der Waals surface area contributed by atoms with E-state index in [9.17, 15) is 10.1 Å². The lowest BCUT2D eigenvalue weighted by molar-refractivity contribution is 0.104. The van der Waals surface area contributed by atoms with Crippen molar-refractivity contribution in [3.63, 3.8) is 0 Å². The van der Waals surface area contributed by atoms with Crippen LogP contribution < -0.4 is 0 Å². The summed E-state index contributed by atoms with van der Waals surface area (Å²) in [7, 11) is 0. The molecule has 0 atom stereocenters. The van der Waals surface area contributed by atoms with E-state index in [1.54, 1.807) is 41.7 Å². The molecule has 1 aromatic carbocycles. The van der Waals surface area contributed by atoms with Crippen molar-refractivity contribution < 1.29 is 4.79 Å². The Hall–Kier alpha value is -2.25. The second-order valence-electron chi connectivity index (χ2n) is 4.75. The first-order valence-corrected chi connectivity index (χ1v) is 7.33. The SMILES string of the molecule is N#CC(=Cc1csc(C2CC2)n1)C(=O)c1ccccc1. The Labute approximate surface area is 121 Å². The quantitative estimate of drug-likeness (QED) is 0.486. The average molecular weight is 280 g/mol. The fourth-order valence-corrected chi connectivity index (χ4v) is 2.87. The van der Waals surface area contributed by atoms with Gasteiger partial charge in [-0.1, -0.05) is 30.3 Å². The summed E-state index contributed by atoms with van der Waals surface area (Å²) in [4.78, 5) is 16.7. The van der Waals surface area contributed by atoms with Gasteiger partial charge in [-0.15, -0.1) is 11.3 Å². The van der Waals surface area contributed by atoms with Crippen molar-refractivity contribution in [2.24, 2.45) is 0 Å². The number of rotatable bonds is 4. The third-order valence-electron chi connectivity index (χ3n) is 3.16. The van der Waals surface area contributed by atoms with E-state index in [4.69, 9.17) is 0 Å². The summed E-state index contributed by atoms with van der Waals surface area (Å²) >= 11 is 1.60. The summed E-state index contributed by atoms with van der Waals surface area (Å²) in [5.41, 5.74) is 1.36. The van der Waals surface area contributed by atoms with E-state index < -0.39 is 0 Å². The lowest BCUT2D eigenvalue weighted by atomic mass is 10.0. The zero-order valence-electron chi connectivity index (χ0n) is 10.7. The largest absolute Gasteiger partial charge is 0.288 e. The number of Topliss-reactive ketones (excluding diaryl/α,β-unsaturated/α-hetero) is 1. The third-order valence-corrected chi connectivity index (χ3v) is 4.19. The van der Waals surface area contributed by atoms with Crippen LogP contribution in [0, 0.1) is 11.3 Å². The summed E-state index contributed by atoms with van der Waals surface area (Å²) in [6.45, 7) is 0. The maximum atomic E-state index is 12.2. The van der Waals surface area contributed by atoms with Gasteiger partial charge in [-0.25, -0.2) is 4.98 Å². The number of carbonyl (C=O) groups is 1. The van der Waals surface area contributed by atoms with Gasteiger partial charge >= 0.3 is 0 Å². The molecule has 0 saturated heterocycles. The highest BCUT2D eigenvalue weighted by Gasteiger charge is 2.26. The lowest BCUT2D eigenvalue weighted by Gasteiger charge is -1.97. The Morgan fingerprint density at radius 1 is 1.35 bits per heavy atom. The first kappa shape index (κ1) is 12.8. The number of nitrogens with zero attached hydrogens (tertiary/aromatic N) is 2. The van der Waals surface area contributed by atoms with Gasteiger partial charge in [0.05, 0.1) is 10.7 Å². The molecule has 1 aromatic heterocycles. The number of hydrogen-bond donors (Lipinski definition) is 0. The minimum atomic E-state index is -0.255. The van der Waals surface area contributed by atoms with E-state index >= 15 is 0 Å². The van der Waals surface area contributed by atoms with Crippen molar-refractivity contribution >= 4 is 23.2 Å². The van der Waals surface area contributed by atoms with Gasteiger partial charge in [0, 0.05) is 16.9 Å². The molecule has 20 heavy (non-hydrogen) atoms. The zero-order valence-corrected chi connectivity index (χ0v) is 11.6. The lowest BCUT2D eigenvalue weighted by Crippen LogP contribution is -2.01. The molecule has 1 fully saturated rings. The van der Waals surface area contributed by atoms with Gasteiger partial charge in [0.2, 0.25) is 5.78 Å². The number of nitriles is 1. The number of ketones is 1. The fraction of sp³-hybridized carbons (Fsp3) is 0.188. The van der Waals surface area contributed by atoms with Crippen molar-refractivity contribution in [2.45, 2.75) is 18.8 Å². The average Bonchev–Trinajstić information content (AvgIpc) is 3.25. The van der Waals surface area contributed by atoms with Gasteiger partial charge in [-0.2, -0.15) is 5.26 Å². The molecule has 0 aliphatic heterocycles. The summed E-state index contributed by atoms with van der Waals surface area (Å²) in [5.74, 6) is 0.339. The molecule has 4 heteroatoms. The van der Waals surface area contributed by atoms with Crippen molar-refractivity contribution in [3.05, 3.63) is 57.6 Å². The minimum Gasteiger partial charge on any atom is -0.288 e. The van der Waals surface area contributed by atoms with Crippen LogP contribution in [-0.4, -0.2) is 10.8 Å². The summed E-state index contributed by atoms with van der Waals surface area (Å²) < 4.78 is 0. The second-order valence-corrected chi connectivity index (χ2v) is 5.64. The van der Waals surface area contributed by atoms with E-state index in [0.717, 1.165) is 5.01 Å². The highest BCUT2D eigenvalue weighted by Crippen LogP contribution is 2.41. The smallest absolute Gasteiger partial charge is 0.203 e. The monoisotopic (exact) mass is 280 g/mol. The Kier molecular flexibility index (Phi) is 3.44. The molecule has 0 bridgehead atoms. The Bertz CT molecular complexity index is 706. The van der Waals surface area contributed by atoms with Crippen molar-refractivity contribution in [3.8, 4) is 6.07 Å². The molecule has 3 rings (SSSR count). The molecular formula is C16H12N2OS. The highest BCUT2D eigenvalue weighted by atomic mass is 32.1. The van der Waals surface area contributed by atoms with Crippen LogP contribution in [0.3, 0.4) is 0 Å². The molecule has 0 N–H and O–H groups in total. The molecular weight excluding hydrogens is 268 g/mol. The van der Waals surface area contributed by atoms with Gasteiger partial charge in [-0.05, 0) is 18.9 Å². The van der Waals surface area contributed by atoms with Crippen LogP contribution in [0.1, 0.15) is 39.8 Å². The molecule has 3 nitrogen and oxygen atoms in total. The molecule has 0 radical (unpaired) electrons. The van der Waals surface area contributed by atoms with Gasteiger partial charge < -0.3 is 0 Å². The van der Waals surface area contributed by atoms with Crippen molar-refractivity contribution in [1.82, 2.24) is 4.98 Å². The van der Waals surface area contributed by atoms with Crippen molar-refractivity contribution in [1.29, 1.82) is 5.26 Å². The summed E-state index contributed by atoms with van der Waals surface area (Å²) in [5, 5.41) is 12.2. The maximum absolute atomic E-state index is 12.2. The second kappa shape index (κ2) is 5.40. The Morgan fingerprint density at radius 2 is 2.10 bits per heavy atom. The Balaban J connectivity index is 1.86. The first-order valence-electron chi connectivity index (χ1n) is 6.45. The normalized spacial score (nSPS) is 14.8. The van der Waals surface area contributed by atoms with Crippen LogP contribution in [0.5, 0.6) is 0 Å². The number of aromatic nitrogens is 1. The van der Waals surface area contributed by atoms with E-state index in [2.05, 4.69) is 4.98 Å². The molecule has 1 saturated carbocycles. The number of thiazole rings is 1. The maximum Gasteiger partial charge on any atom is 0.203 e. The number of allylic oxidation sites excluding steroid dienone is 1. The van der Waals surface area contributed by atoms with E-state index in [0.29, 0.717) is 17.2 Å². The van der Waals surface area contributed by atoms with Gasteiger partial charge in [0.1, 0.15) is 11.6 Å². The minimum absolute atomic E-state index is 0.129. The van der Waals surface area contributed by atoms with Crippen molar-refractivity contribution in [2.75, 3.05) is 0 Å². The number of benzene rings is 1. The molecule has 1 aliphatic carbocycles. The van der Waals surface area contributed by atoms with Gasteiger partial charge in [0.25, 0.3) is 0 Å². The van der Waals surface area contributed by atoms with Gasteiger partial charge in [-0.3, -0.25) is 4.79 Å². The molecule has 98 valence electrons. The molecule has 1 aliphatic rings. The topological polar surface area (TPSA) is 53.8 Å². The molecule has 2 aromatic rings. The first-order chi connectivity index (χ1) is 9.78. The standard InChI is InChI=1S/C16H12N2OS/c17-9-13(15(19)11-4-2-1-3-5-11)8-14-10-20-16(18-14)12-6-7-12/h1-5,8,10,12H,6-7H2. The van der Waals surface area contributed by atoms with Crippen LogP contribution in [0.15, 0.2) is 41.3 Å². The molecule has 0 amide bonds. The van der Waals surface area contributed by atoms with Crippen LogP contribution >= 0.6 is 11.3 Å². The number of hydrogen-bond acceptors (Lipinski definition) is 4. The van der Waals surface area contributed by atoms with Crippen LogP contribution in [0.2, 0.25) is 0 Å². The van der Waals surface area contributed by atoms with Gasteiger partial charge in [0.15, 0.2) is 0 Å². The third kappa shape index (κ3) is 2.68. The number of carbonyl (C=O) groups excluding carboxylic acids is 1.